The summed E-state index contributed by atoms with van der Waals surface area (Å²) < 4.78 is 20.9. The molecular weight excluding hydrogens is 433 g/mol. The second-order valence-electron chi connectivity index (χ2n) is 8.61. The second kappa shape index (κ2) is 7.94. The van der Waals surface area contributed by atoms with Gasteiger partial charge in [0.05, 0.1) is 5.69 Å². The van der Waals surface area contributed by atoms with Gasteiger partial charge >= 0.3 is 0 Å². The van der Waals surface area contributed by atoms with E-state index in [2.05, 4.69) is 26.8 Å². The Balaban J connectivity index is 0.00000216. The molecule has 0 spiro atoms. The normalized spacial score (nSPS) is 25.8. The maximum absolute atomic E-state index is 14.9. The summed E-state index contributed by atoms with van der Waals surface area (Å²) in [5.74, 6) is 0.908. The van der Waals surface area contributed by atoms with Crippen molar-refractivity contribution in [1.82, 2.24) is 10.7 Å². The zero-order valence-corrected chi connectivity index (χ0v) is 18.5. The van der Waals surface area contributed by atoms with Gasteiger partial charge in [0, 0.05) is 42.0 Å². The Labute approximate surface area is 192 Å². The van der Waals surface area contributed by atoms with Gasteiger partial charge in [0.1, 0.15) is 24.2 Å². The molecule has 4 heterocycles. The van der Waals surface area contributed by atoms with Gasteiger partial charge in [-0.15, -0.1) is 12.4 Å². The molecule has 4 aliphatic rings. The molecule has 0 aromatic heterocycles. The molecule has 7 nitrogen and oxygen atoms in total. The van der Waals surface area contributed by atoms with Crippen molar-refractivity contribution in [2.75, 3.05) is 29.5 Å². The zero-order valence-electron chi connectivity index (χ0n) is 17.7. The summed E-state index contributed by atoms with van der Waals surface area (Å²) in [5, 5.41) is 7.71. The zero-order chi connectivity index (χ0) is 21.1. The number of carbonyl (C=O) groups is 1. The van der Waals surface area contributed by atoms with Crippen LogP contribution in [-0.2, 0) is 4.79 Å². The fraction of sp³-hybridized carbons (Fsp3) is 0.391. The predicted molar refractivity (Wildman–Crippen MR) is 124 cm³/mol. The molecule has 2 saturated heterocycles. The van der Waals surface area contributed by atoms with Gasteiger partial charge in [-0.2, -0.15) is 5.10 Å². The maximum atomic E-state index is 14.9. The SMILES string of the molecule is C[C@@H]1C(=O)NN=C2COc3cc(-c4ccccc4F)c(N4[C@@H]5CC[C@H]4CNC5)cc3N21.Cl. The highest BCUT2D eigenvalue weighted by atomic mass is 35.5. The van der Waals surface area contributed by atoms with Crippen LogP contribution in [0.4, 0.5) is 15.8 Å². The molecule has 2 aromatic carbocycles. The number of carbonyl (C=O) groups excluding carboxylic acids is 1. The molecule has 9 heteroatoms. The Morgan fingerprint density at radius 2 is 1.84 bits per heavy atom. The van der Waals surface area contributed by atoms with Crippen LogP contribution in [0, 0.1) is 5.82 Å². The molecule has 3 atom stereocenters. The van der Waals surface area contributed by atoms with Crippen LogP contribution in [0.1, 0.15) is 19.8 Å². The van der Waals surface area contributed by atoms with Crippen LogP contribution < -0.4 is 25.3 Å². The van der Waals surface area contributed by atoms with Crippen LogP contribution in [0.25, 0.3) is 11.1 Å². The molecule has 0 radical (unpaired) electrons. The largest absolute Gasteiger partial charge is 0.483 e. The summed E-state index contributed by atoms with van der Waals surface area (Å²) in [5.41, 5.74) is 5.75. The van der Waals surface area contributed by atoms with Gasteiger partial charge in [0.15, 0.2) is 5.84 Å². The maximum Gasteiger partial charge on any atom is 0.262 e. The number of benzene rings is 2. The first-order valence-corrected chi connectivity index (χ1v) is 10.8. The summed E-state index contributed by atoms with van der Waals surface area (Å²) in [6.07, 6.45) is 2.22. The Morgan fingerprint density at radius 3 is 2.59 bits per heavy atom. The molecule has 0 saturated carbocycles. The minimum atomic E-state index is -0.401. The second-order valence-corrected chi connectivity index (χ2v) is 8.61. The van der Waals surface area contributed by atoms with E-state index in [0.717, 1.165) is 42.9 Å². The molecule has 0 unspecified atom stereocenters. The summed E-state index contributed by atoms with van der Waals surface area (Å²) in [6, 6.07) is 11.2. The van der Waals surface area contributed by atoms with Crippen LogP contribution >= 0.6 is 12.4 Å². The molecule has 0 aliphatic carbocycles. The summed E-state index contributed by atoms with van der Waals surface area (Å²) in [6.45, 7) is 3.94. The average Bonchev–Trinajstić information content (AvgIpc) is 3.03. The number of rotatable bonds is 2. The van der Waals surface area contributed by atoms with Crippen LogP contribution in [-0.4, -0.2) is 49.6 Å². The van der Waals surface area contributed by atoms with E-state index in [1.54, 1.807) is 6.07 Å². The van der Waals surface area contributed by atoms with Crippen molar-refractivity contribution in [2.24, 2.45) is 5.10 Å². The smallest absolute Gasteiger partial charge is 0.262 e. The van der Waals surface area contributed by atoms with Crippen molar-refractivity contribution >= 4 is 35.5 Å². The Kier molecular flexibility index (Phi) is 5.22. The predicted octanol–water partition coefficient (Wildman–Crippen LogP) is 2.89. The minimum absolute atomic E-state index is 0. The number of amidine groups is 1. The van der Waals surface area contributed by atoms with Gasteiger partial charge in [0.25, 0.3) is 5.91 Å². The van der Waals surface area contributed by atoms with E-state index in [4.69, 9.17) is 4.74 Å². The van der Waals surface area contributed by atoms with Crippen molar-refractivity contribution in [3.63, 3.8) is 0 Å². The molecule has 6 rings (SSSR count). The van der Waals surface area contributed by atoms with E-state index in [0.29, 0.717) is 29.2 Å². The highest BCUT2D eigenvalue weighted by Crippen LogP contribution is 2.47. The Bertz CT molecular complexity index is 1090. The van der Waals surface area contributed by atoms with Gasteiger partial charge in [0.2, 0.25) is 0 Å². The number of hydrogen-bond acceptors (Lipinski definition) is 6. The lowest BCUT2D eigenvalue weighted by Gasteiger charge is -2.42. The fourth-order valence-electron chi connectivity index (χ4n) is 5.34. The number of hydrogen-bond donors (Lipinski definition) is 2. The third kappa shape index (κ3) is 3.12. The number of hydrazone groups is 1. The van der Waals surface area contributed by atoms with E-state index in [1.807, 2.05) is 30.0 Å². The molecule has 2 bridgehead atoms. The fourth-order valence-corrected chi connectivity index (χ4v) is 5.34. The van der Waals surface area contributed by atoms with Gasteiger partial charge in [-0.1, -0.05) is 18.2 Å². The third-order valence-corrected chi connectivity index (χ3v) is 6.86. The van der Waals surface area contributed by atoms with Crippen LogP contribution in [0.15, 0.2) is 41.5 Å². The van der Waals surface area contributed by atoms with Crippen molar-refractivity contribution in [3.8, 4) is 16.9 Å². The lowest BCUT2D eigenvalue weighted by molar-refractivity contribution is -0.122. The number of nitrogens with one attached hydrogen (secondary N) is 2. The molecule has 168 valence electrons. The lowest BCUT2D eigenvalue weighted by Crippen LogP contribution is -2.55. The number of piperazine rings is 1. The van der Waals surface area contributed by atoms with Crippen molar-refractivity contribution in [1.29, 1.82) is 0 Å². The number of fused-ring (bicyclic) bond motifs is 5. The number of ether oxygens (including phenoxy) is 1. The number of anilines is 2. The molecule has 2 fully saturated rings. The molecule has 2 N–H and O–H groups in total. The topological polar surface area (TPSA) is 69.2 Å². The number of amides is 1. The van der Waals surface area contributed by atoms with Crippen molar-refractivity contribution < 1.29 is 13.9 Å². The van der Waals surface area contributed by atoms with E-state index in [9.17, 15) is 9.18 Å². The Morgan fingerprint density at radius 1 is 1.09 bits per heavy atom. The average molecular weight is 458 g/mol. The first-order valence-electron chi connectivity index (χ1n) is 10.8. The van der Waals surface area contributed by atoms with Gasteiger partial charge in [-0.05, 0) is 38.0 Å². The number of halogens is 2. The third-order valence-electron chi connectivity index (χ3n) is 6.86. The van der Waals surface area contributed by atoms with Crippen molar-refractivity contribution in [2.45, 2.75) is 37.9 Å². The van der Waals surface area contributed by atoms with E-state index < -0.39 is 6.04 Å². The van der Waals surface area contributed by atoms with Crippen LogP contribution in [0.3, 0.4) is 0 Å². The molecule has 1 amide bonds. The highest BCUT2D eigenvalue weighted by Gasteiger charge is 2.40. The highest BCUT2D eigenvalue weighted by molar-refractivity contribution is 6.10. The van der Waals surface area contributed by atoms with Gasteiger partial charge in [-0.3, -0.25) is 4.79 Å². The van der Waals surface area contributed by atoms with Crippen LogP contribution in [0.5, 0.6) is 5.75 Å². The van der Waals surface area contributed by atoms with E-state index in [1.165, 1.54) is 6.07 Å². The molecule has 32 heavy (non-hydrogen) atoms. The summed E-state index contributed by atoms with van der Waals surface area (Å²) in [4.78, 5) is 16.7. The Hall–Kier alpha value is -2.84. The molecular formula is C23H25ClFN5O2. The van der Waals surface area contributed by atoms with Crippen LogP contribution in [0.2, 0.25) is 0 Å². The standard InChI is InChI=1S/C23H24FN5O2.ClH/c1-13-23(30)27-26-22-12-31-21-8-17(16-4-2-3-5-18(16)24)19(9-20(21)28(13)22)29-14-6-7-15(29)11-25-10-14;/h2-5,8-9,13-15,25H,6-7,10-12H2,1H3,(H,27,30);1H/t13-,14-,15+;/m1./s1. The van der Waals surface area contributed by atoms with Gasteiger partial charge in [-0.25, -0.2) is 9.82 Å². The summed E-state index contributed by atoms with van der Waals surface area (Å²) >= 11 is 0. The number of nitrogens with zero attached hydrogens (tertiary/aromatic N) is 3. The first-order chi connectivity index (χ1) is 15.1. The van der Waals surface area contributed by atoms with E-state index in [-0.39, 0.29) is 30.7 Å². The van der Waals surface area contributed by atoms with E-state index >= 15 is 0 Å². The van der Waals surface area contributed by atoms with Crippen molar-refractivity contribution in [3.05, 3.63) is 42.2 Å². The quantitative estimate of drug-likeness (QED) is 0.725. The molecule has 4 aliphatic heterocycles. The summed E-state index contributed by atoms with van der Waals surface area (Å²) in [7, 11) is 0. The lowest BCUT2D eigenvalue weighted by atomic mass is 9.98. The first kappa shape index (κ1) is 21.0. The monoisotopic (exact) mass is 457 g/mol. The van der Waals surface area contributed by atoms with Gasteiger partial charge < -0.3 is 19.9 Å². The minimum Gasteiger partial charge on any atom is -0.483 e. The molecule has 2 aromatic rings.